The molecule has 0 spiro atoms. The first-order valence-corrected chi connectivity index (χ1v) is 5.38. The predicted molar refractivity (Wildman–Crippen MR) is 53.0 cm³/mol. The summed E-state index contributed by atoms with van der Waals surface area (Å²) in [6, 6.07) is 0. The number of carboxylic acid groups (broad SMARTS) is 1. The minimum atomic E-state index is -0.872. The van der Waals surface area contributed by atoms with Crippen LogP contribution in [0.5, 0.6) is 0 Å². The Morgan fingerprint density at radius 2 is 2.00 bits per heavy atom. The molecule has 0 bridgehead atoms. The highest BCUT2D eigenvalue weighted by Gasteiger charge is 2.28. The molecule has 0 aliphatic heterocycles. The molecule has 0 heterocycles. The zero-order valence-electron chi connectivity index (χ0n) is 8.66. The molecule has 1 aliphatic rings. The quantitative estimate of drug-likeness (QED) is 0.737. The van der Waals surface area contributed by atoms with Gasteiger partial charge in [-0.2, -0.15) is 0 Å². The molecule has 2 atom stereocenters. The fourth-order valence-electron chi connectivity index (χ4n) is 2.17. The van der Waals surface area contributed by atoms with Crippen LogP contribution < -0.4 is 0 Å². The Hall–Kier alpha value is -0.860. The Balaban J connectivity index is 2.28. The summed E-state index contributed by atoms with van der Waals surface area (Å²) in [5.74, 6) is 0.125. The van der Waals surface area contributed by atoms with Gasteiger partial charge in [-0.05, 0) is 25.2 Å². The van der Waals surface area contributed by atoms with Gasteiger partial charge in [-0.1, -0.05) is 13.3 Å². The highest BCUT2D eigenvalue weighted by atomic mass is 16.4. The standard InChI is InChI=1S/C11H18O3/c1-2-8-3-4-9(7-8)10(12)5-6-11(13)14/h8-9H,2-7H2,1H3,(H,13,14). The smallest absolute Gasteiger partial charge is 0.303 e. The third-order valence-corrected chi connectivity index (χ3v) is 3.16. The normalized spacial score (nSPS) is 26.4. The third-order valence-electron chi connectivity index (χ3n) is 3.16. The lowest BCUT2D eigenvalue weighted by Gasteiger charge is -2.07. The van der Waals surface area contributed by atoms with Gasteiger partial charge < -0.3 is 5.11 Å². The highest BCUT2D eigenvalue weighted by Crippen LogP contribution is 2.34. The Labute approximate surface area is 84.5 Å². The summed E-state index contributed by atoms with van der Waals surface area (Å²) in [7, 11) is 0. The second-order valence-electron chi connectivity index (χ2n) is 4.14. The van der Waals surface area contributed by atoms with E-state index in [4.69, 9.17) is 5.11 Å². The van der Waals surface area contributed by atoms with Crippen molar-refractivity contribution in [3.05, 3.63) is 0 Å². The van der Waals surface area contributed by atoms with E-state index in [0.29, 0.717) is 5.92 Å². The maximum atomic E-state index is 11.5. The van der Waals surface area contributed by atoms with Crippen LogP contribution in [0.15, 0.2) is 0 Å². The zero-order valence-corrected chi connectivity index (χ0v) is 8.66. The summed E-state index contributed by atoms with van der Waals surface area (Å²) in [5.41, 5.74) is 0. The van der Waals surface area contributed by atoms with Crippen molar-refractivity contribution in [1.82, 2.24) is 0 Å². The molecule has 3 nitrogen and oxygen atoms in total. The van der Waals surface area contributed by atoms with E-state index >= 15 is 0 Å². The maximum Gasteiger partial charge on any atom is 0.303 e. The maximum absolute atomic E-state index is 11.5. The molecule has 1 rings (SSSR count). The molecule has 0 aromatic heterocycles. The van der Waals surface area contributed by atoms with Gasteiger partial charge in [0.15, 0.2) is 0 Å². The summed E-state index contributed by atoms with van der Waals surface area (Å²) in [5, 5.41) is 8.45. The topological polar surface area (TPSA) is 54.4 Å². The van der Waals surface area contributed by atoms with E-state index in [-0.39, 0.29) is 24.5 Å². The van der Waals surface area contributed by atoms with Crippen LogP contribution in [-0.2, 0) is 9.59 Å². The van der Waals surface area contributed by atoms with Gasteiger partial charge in [-0.25, -0.2) is 0 Å². The number of Topliss-reactive ketones (excluding diaryl/α,β-unsaturated/α-hetero) is 1. The van der Waals surface area contributed by atoms with Gasteiger partial charge in [0, 0.05) is 12.3 Å². The Morgan fingerprint density at radius 3 is 2.50 bits per heavy atom. The van der Waals surface area contributed by atoms with E-state index in [0.717, 1.165) is 25.7 Å². The van der Waals surface area contributed by atoms with Crippen molar-refractivity contribution in [2.24, 2.45) is 11.8 Å². The predicted octanol–water partition coefficient (Wildman–Crippen LogP) is 2.25. The largest absolute Gasteiger partial charge is 0.481 e. The number of hydrogen-bond acceptors (Lipinski definition) is 2. The van der Waals surface area contributed by atoms with Crippen LogP contribution in [0.25, 0.3) is 0 Å². The molecule has 3 heteroatoms. The van der Waals surface area contributed by atoms with Crippen LogP contribution in [0.3, 0.4) is 0 Å². The van der Waals surface area contributed by atoms with Gasteiger partial charge in [0.1, 0.15) is 5.78 Å². The SMILES string of the molecule is CCC1CCC(C(=O)CCC(=O)O)C1. The van der Waals surface area contributed by atoms with Crippen LogP contribution >= 0.6 is 0 Å². The molecule has 0 aromatic rings. The lowest BCUT2D eigenvalue weighted by atomic mass is 9.96. The molecule has 0 amide bonds. The second kappa shape index (κ2) is 5.13. The minimum absolute atomic E-state index is 0.00781. The molecule has 1 fully saturated rings. The van der Waals surface area contributed by atoms with Gasteiger partial charge in [-0.3, -0.25) is 9.59 Å². The van der Waals surface area contributed by atoms with Gasteiger partial charge >= 0.3 is 5.97 Å². The van der Waals surface area contributed by atoms with Crippen molar-refractivity contribution >= 4 is 11.8 Å². The van der Waals surface area contributed by atoms with Crippen molar-refractivity contribution in [1.29, 1.82) is 0 Å². The molecule has 1 aliphatic carbocycles. The Kier molecular flexibility index (Phi) is 4.11. The molecule has 0 saturated heterocycles. The van der Waals surface area contributed by atoms with Crippen molar-refractivity contribution in [2.45, 2.75) is 45.4 Å². The summed E-state index contributed by atoms with van der Waals surface area (Å²) in [6.07, 6.45) is 4.44. The summed E-state index contributed by atoms with van der Waals surface area (Å²) in [6.45, 7) is 2.15. The molecule has 1 saturated carbocycles. The van der Waals surface area contributed by atoms with E-state index in [1.807, 2.05) is 0 Å². The van der Waals surface area contributed by atoms with Gasteiger partial charge in [0.2, 0.25) is 0 Å². The molecule has 0 aromatic carbocycles. The second-order valence-corrected chi connectivity index (χ2v) is 4.14. The van der Waals surface area contributed by atoms with Crippen LogP contribution in [0.4, 0.5) is 0 Å². The Morgan fingerprint density at radius 1 is 1.29 bits per heavy atom. The van der Waals surface area contributed by atoms with Crippen molar-refractivity contribution in [3.63, 3.8) is 0 Å². The summed E-state index contributed by atoms with van der Waals surface area (Å²) in [4.78, 5) is 21.8. The zero-order chi connectivity index (χ0) is 10.6. The lowest BCUT2D eigenvalue weighted by molar-refractivity contribution is -0.139. The average molecular weight is 198 g/mol. The number of carbonyl (C=O) groups excluding carboxylic acids is 1. The number of ketones is 1. The molecule has 1 N–H and O–H groups in total. The van der Waals surface area contributed by atoms with Crippen molar-refractivity contribution < 1.29 is 14.7 Å². The number of rotatable bonds is 5. The first-order chi connectivity index (χ1) is 6.63. The van der Waals surface area contributed by atoms with Gasteiger partial charge in [-0.15, -0.1) is 0 Å². The summed E-state index contributed by atoms with van der Waals surface area (Å²) < 4.78 is 0. The van der Waals surface area contributed by atoms with E-state index in [2.05, 4.69) is 6.92 Å². The molecule has 14 heavy (non-hydrogen) atoms. The fraction of sp³-hybridized carbons (Fsp3) is 0.818. The van der Waals surface area contributed by atoms with Crippen LogP contribution in [-0.4, -0.2) is 16.9 Å². The van der Waals surface area contributed by atoms with E-state index < -0.39 is 5.97 Å². The van der Waals surface area contributed by atoms with E-state index in [1.54, 1.807) is 0 Å². The fourth-order valence-corrected chi connectivity index (χ4v) is 2.17. The molecule has 2 unspecified atom stereocenters. The number of hydrogen-bond donors (Lipinski definition) is 1. The molecule has 80 valence electrons. The molecular weight excluding hydrogens is 180 g/mol. The number of carbonyl (C=O) groups is 2. The third kappa shape index (κ3) is 3.13. The van der Waals surface area contributed by atoms with Crippen LogP contribution in [0, 0.1) is 11.8 Å². The Bertz CT molecular complexity index is 223. The number of aliphatic carboxylic acids is 1. The monoisotopic (exact) mass is 198 g/mol. The van der Waals surface area contributed by atoms with Crippen molar-refractivity contribution in [2.75, 3.05) is 0 Å². The van der Waals surface area contributed by atoms with Crippen molar-refractivity contribution in [3.8, 4) is 0 Å². The summed E-state index contributed by atoms with van der Waals surface area (Å²) >= 11 is 0. The first kappa shape index (κ1) is 11.2. The average Bonchev–Trinajstić information content (AvgIpc) is 2.62. The molecular formula is C11H18O3. The molecule has 0 radical (unpaired) electrons. The highest BCUT2D eigenvalue weighted by molar-refractivity contribution is 5.84. The van der Waals surface area contributed by atoms with E-state index in [1.165, 1.54) is 0 Å². The van der Waals surface area contributed by atoms with Crippen LogP contribution in [0.1, 0.15) is 45.4 Å². The lowest BCUT2D eigenvalue weighted by Crippen LogP contribution is -2.13. The van der Waals surface area contributed by atoms with Crippen LogP contribution in [0.2, 0.25) is 0 Å². The first-order valence-electron chi connectivity index (χ1n) is 5.38. The van der Waals surface area contributed by atoms with E-state index in [9.17, 15) is 9.59 Å². The van der Waals surface area contributed by atoms with Gasteiger partial charge in [0.05, 0.1) is 6.42 Å². The number of carboxylic acids is 1. The minimum Gasteiger partial charge on any atom is -0.481 e. The van der Waals surface area contributed by atoms with Gasteiger partial charge in [0.25, 0.3) is 0 Å².